The third-order valence-corrected chi connectivity index (χ3v) is 3.57. The van der Waals surface area contributed by atoms with Crippen LogP contribution < -0.4 is 0 Å². The van der Waals surface area contributed by atoms with Crippen LogP contribution in [0.15, 0.2) is 18.2 Å². The zero-order chi connectivity index (χ0) is 13.1. The molecule has 0 radical (unpaired) electrons. The summed E-state index contributed by atoms with van der Waals surface area (Å²) in [7, 11) is 0. The van der Waals surface area contributed by atoms with E-state index >= 15 is 0 Å². The molecule has 1 aromatic heterocycles. The second-order valence-corrected chi connectivity index (χ2v) is 4.58. The first-order valence-corrected chi connectivity index (χ1v) is 5.91. The number of thiophene rings is 1. The summed E-state index contributed by atoms with van der Waals surface area (Å²) < 4.78 is 19.5. The molecule has 0 unspecified atom stereocenters. The van der Waals surface area contributed by atoms with Crippen LogP contribution in [0.2, 0.25) is 0 Å². The van der Waals surface area contributed by atoms with Crippen LogP contribution in [0.1, 0.15) is 15.2 Å². The van der Waals surface area contributed by atoms with Gasteiger partial charge in [0.2, 0.25) is 0 Å². The second kappa shape index (κ2) is 5.17. The molecule has 0 saturated carbocycles. The minimum atomic E-state index is -1.09. The largest absolute Gasteiger partial charge is 0.477 e. The number of rotatable bonds is 4. The minimum absolute atomic E-state index is 0.00718. The van der Waals surface area contributed by atoms with Gasteiger partial charge in [0.05, 0.1) is 6.61 Å². The number of ether oxygens (including phenoxy) is 1. The molecule has 5 heteroatoms. The molecule has 0 bridgehead atoms. The zero-order valence-corrected chi connectivity index (χ0v) is 10.1. The molecule has 1 heterocycles. The summed E-state index contributed by atoms with van der Waals surface area (Å²) in [5.41, 5.74) is 0.343. The molecule has 0 aliphatic carbocycles. The Kier molecular flexibility index (Phi) is 3.60. The fourth-order valence-corrected chi connectivity index (χ4v) is 2.75. The van der Waals surface area contributed by atoms with Gasteiger partial charge in [-0.25, -0.2) is 9.18 Å². The number of hydrogen-bond donors (Lipinski definition) is 1. The second-order valence-electron chi connectivity index (χ2n) is 3.52. The molecular weight excluding hydrogens is 255 g/mol. The number of carboxylic acid groups (broad SMARTS) is 1. The molecule has 18 heavy (non-hydrogen) atoms. The van der Waals surface area contributed by atoms with Crippen molar-refractivity contribution in [3.8, 4) is 12.3 Å². The fourth-order valence-electron chi connectivity index (χ4n) is 1.69. The molecule has 1 aromatic carbocycles. The van der Waals surface area contributed by atoms with E-state index in [1.54, 1.807) is 12.1 Å². The molecule has 1 N–H and O–H groups in total. The summed E-state index contributed by atoms with van der Waals surface area (Å²) in [4.78, 5) is 11.2. The number of terminal acetylenes is 1. The van der Waals surface area contributed by atoms with Gasteiger partial charge in [-0.15, -0.1) is 17.8 Å². The van der Waals surface area contributed by atoms with Crippen LogP contribution in [0.4, 0.5) is 4.39 Å². The van der Waals surface area contributed by atoms with Gasteiger partial charge in [-0.05, 0) is 12.1 Å². The average Bonchev–Trinajstić information content (AvgIpc) is 2.70. The summed E-state index contributed by atoms with van der Waals surface area (Å²) in [6.45, 7) is 0.0532. The van der Waals surface area contributed by atoms with Gasteiger partial charge >= 0.3 is 5.97 Å². The van der Waals surface area contributed by atoms with Crippen LogP contribution in [0.3, 0.4) is 0 Å². The Morgan fingerprint density at radius 3 is 3.00 bits per heavy atom. The maximum atomic E-state index is 13.8. The number of carbonyl (C=O) groups is 1. The normalized spacial score (nSPS) is 10.4. The lowest BCUT2D eigenvalue weighted by Crippen LogP contribution is -2.01. The molecule has 0 spiro atoms. The minimum Gasteiger partial charge on any atom is -0.477 e. The highest BCUT2D eigenvalue weighted by molar-refractivity contribution is 7.21. The van der Waals surface area contributed by atoms with Crippen molar-refractivity contribution < 1.29 is 19.0 Å². The van der Waals surface area contributed by atoms with Gasteiger partial charge in [0.15, 0.2) is 0 Å². The zero-order valence-electron chi connectivity index (χ0n) is 9.27. The summed E-state index contributed by atoms with van der Waals surface area (Å²) in [6.07, 6.45) is 5.05. The van der Waals surface area contributed by atoms with Gasteiger partial charge in [-0.3, -0.25) is 0 Å². The molecule has 3 nitrogen and oxygen atoms in total. The monoisotopic (exact) mass is 264 g/mol. The lowest BCUT2D eigenvalue weighted by atomic mass is 10.1. The quantitative estimate of drug-likeness (QED) is 0.682. The molecular formula is C13H9FO3S. The Morgan fingerprint density at radius 2 is 2.33 bits per heavy atom. The molecule has 0 aliphatic rings. The Labute approximate surface area is 107 Å². The van der Waals surface area contributed by atoms with Gasteiger partial charge in [0.1, 0.15) is 17.3 Å². The molecule has 0 atom stereocenters. The van der Waals surface area contributed by atoms with Gasteiger partial charge in [-0.2, -0.15) is 0 Å². The van der Waals surface area contributed by atoms with Crippen LogP contribution in [0.5, 0.6) is 0 Å². The SMILES string of the molecule is C#CCOCc1c(C(=O)O)sc2cccc(F)c12. The van der Waals surface area contributed by atoms with Crippen molar-refractivity contribution in [2.75, 3.05) is 6.61 Å². The molecule has 92 valence electrons. The average molecular weight is 264 g/mol. The smallest absolute Gasteiger partial charge is 0.346 e. The Morgan fingerprint density at radius 1 is 1.56 bits per heavy atom. The predicted molar refractivity (Wildman–Crippen MR) is 67.2 cm³/mol. The van der Waals surface area contributed by atoms with Crippen LogP contribution in [-0.2, 0) is 11.3 Å². The maximum absolute atomic E-state index is 13.8. The third-order valence-electron chi connectivity index (χ3n) is 2.39. The molecule has 0 aliphatic heterocycles. The number of halogens is 1. The fraction of sp³-hybridized carbons (Fsp3) is 0.154. The summed E-state index contributed by atoms with van der Waals surface area (Å²) in [5, 5.41) is 9.41. The van der Waals surface area contributed by atoms with E-state index < -0.39 is 11.8 Å². The lowest BCUT2D eigenvalue weighted by molar-refractivity contribution is 0.0696. The summed E-state index contributed by atoms with van der Waals surface area (Å²) >= 11 is 1.03. The van der Waals surface area contributed by atoms with Crippen molar-refractivity contribution in [3.63, 3.8) is 0 Å². The van der Waals surface area contributed by atoms with Gasteiger partial charge in [-0.1, -0.05) is 12.0 Å². The first-order chi connectivity index (χ1) is 8.65. The van der Waals surface area contributed by atoms with E-state index in [1.807, 2.05) is 0 Å². The van der Waals surface area contributed by atoms with Crippen LogP contribution in [0, 0.1) is 18.2 Å². The van der Waals surface area contributed by atoms with E-state index in [1.165, 1.54) is 6.07 Å². The highest BCUT2D eigenvalue weighted by atomic mass is 32.1. The summed E-state index contributed by atoms with van der Waals surface area (Å²) in [5.74, 6) is 0.745. The molecule has 2 rings (SSSR count). The third kappa shape index (κ3) is 2.21. The van der Waals surface area contributed by atoms with E-state index in [0.717, 1.165) is 11.3 Å². The topological polar surface area (TPSA) is 46.5 Å². The lowest BCUT2D eigenvalue weighted by Gasteiger charge is -2.02. The van der Waals surface area contributed by atoms with E-state index in [9.17, 15) is 9.18 Å². The van der Waals surface area contributed by atoms with Crippen molar-refractivity contribution in [2.24, 2.45) is 0 Å². The Hall–Kier alpha value is -1.90. The number of fused-ring (bicyclic) bond motifs is 1. The molecule has 2 aromatic rings. The van der Waals surface area contributed by atoms with E-state index in [0.29, 0.717) is 15.6 Å². The number of aromatic carboxylic acids is 1. The van der Waals surface area contributed by atoms with E-state index in [4.69, 9.17) is 16.3 Å². The van der Waals surface area contributed by atoms with Crippen molar-refractivity contribution >= 4 is 27.4 Å². The van der Waals surface area contributed by atoms with Crippen LogP contribution >= 0.6 is 11.3 Å². The molecule has 0 fully saturated rings. The van der Waals surface area contributed by atoms with Crippen molar-refractivity contribution in [2.45, 2.75) is 6.61 Å². The number of benzene rings is 1. The number of carboxylic acids is 1. The predicted octanol–water partition coefficient (Wildman–Crippen LogP) is 2.89. The molecule has 0 saturated heterocycles. The van der Waals surface area contributed by atoms with Crippen molar-refractivity contribution in [3.05, 3.63) is 34.5 Å². The Bertz CT molecular complexity index is 639. The highest BCUT2D eigenvalue weighted by Gasteiger charge is 2.19. The Balaban J connectivity index is 2.55. The van der Waals surface area contributed by atoms with Gasteiger partial charge in [0.25, 0.3) is 0 Å². The van der Waals surface area contributed by atoms with E-state index in [-0.39, 0.29) is 18.1 Å². The first-order valence-electron chi connectivity index (χ1n) is 5.09. The van der Waals surface area contributed by atoms with Gasteiger partial charge in [0, 0.05) is 15.6 Å². The van der Waals surface area contributed by atoms with Gasteiger partial charge < -0.3 is 9.84 Å². The van der Waals surface area contributed by atoms with Crippen molar-refractivity contribution in [1.82, 2.24) is 0 Å². The maximum Gasteiger partial charge on any atom is 0.346 e. The molecule has 0 amide bonds. The first kappa shape index (κ1) is 12.6. The summed E-state index contributed by atoms with van der Waals surface area (Å²) in [6, 6.07) is 4.53. The van der Waals surface area contributed by atoms with E-state index in [2.05, 4.69) is 5.92 Å². The standard InChI is InChI=1S/C13H9FO3S/c1-2-6-17-7-8-11-9(14)4-3-5-10(11)18-12(8)13(15)16/h1,3-5H,6-7H2,(H,15,16). The van der Waals surface area contributed by atoms with Crippen molar-refractivity contribution in [1.29, 1.82) is 0 Å². The highest BCUT2D eigenvalue weighted by Crippen LogP contribution is 2.33. The van der Waals surface area contributed by atoms with Crippen LogP contribution in [0.25, 0.3) is 10.1 Å². The number of hydrogen-bond acceptors (Lipinski definition) is 3. The van der Waals surface area contributed by atoms with Crippen LogP contribution in [-0.4, -0.2) is 17.7 Å².